The minimum atomic E-state index is -1.55. The first-order valence-corrected chi connectivity index (χ1v) is 9.50. The zero-order chi connectivity index (χ0) is 20.1. The van der Waals surface area contributed by atoms with E-state index in [1.165, 1.54) is 17.9 Å². The van der Waals surface area contributed by atoms with Crippen LogP contribution in [0.25, 0.3) is 16.3 Å². The molecule has 0 saturated heterocycles. The molecule has 0 fully saturated rings. The van der Waals surface area contributed by atoms with Crippen molar-refractivity contribution in [3.8, 4) is 5.75 Å². The zero-order valence-corrected chi connectivity index (χ0v) is 16.4. The van der Waals surface area contributed by atoms with Crippen molar-refractivity contribution in [1.82, 2.24) is 0 Å². The summed E-state index contributed by atoms with van der Waals surface area (Å²) in [6, 6.07) is 10.2. The van der Waals surface area contributed by atoms with E-state index in [-0.39, 0.29) is 6.42 Å². The lowest BCUT2D eigenvalue weighted by Gasteiger charge is -2.44. The van der Waals surface area contributed by atoms with Gasteiger partial charge in [0, 0.05) is 18.8 Å². The average molecular weight is 380 g/mol. The fourth-order valence-corrected chi connectivity index (χ4v) is 4.78. The van der Waals surface area contributed by atoms with E-state index in [9.17, 15) is 14.7 Å². The van der Waals surface area contributed by atoms with Crippen LogP contribution >= 0.6 is 0 Å². The zero-order valence-electron chi connectivity index (χ0n) is 16.4. The van der Waals surface area contributed by atoms with Crippen LogP contribution in [-0.2, 0) is 20.7 Å². The molecule has 2 aromatic rings. The molecule has 1 N–H and O–H groups in total. The summed E-state index contributed by atoms with van der Waals surface area (Å²) in [7, 11) is 1.65. The number of ketones is 1. The summed E-state index contributed by atoms with van der Waals surface area (Å²) < 4.78 is 10.2. The number of carbonyl (C=O) groups is 2. The monoisotopic (exact) mass is 380 g/mol. The number of fused-ring (bicyclic) bond motifs is 5. The van der Waals surface area contributed by atoms with Crippen LogP contribution in [0.3, 0.4) is 0 Å². The van der Waals surface area contributed by atoms with Crippen LogP contribution < -0.4 is 4.74 Å². The van der Waals surface area contributed by atoms with Crippen molar-refractivity contribution in [3.05, 3.63) is 47.5 Å². The summed E-state index contributed by atoms with van der Waals surface area (Å²) in [5.41, 5.74) is 1.08. The third-order valence-electron chi connectivity index (χ3n) is 6.48. The minimum Gasteiger partial charge on any atom is -0.497 e. The van der Waals surface area contributed by atoms with Gasteiger partial charge in [-0.2, -0.15) is 0 Å². The van der Waals surface area contributed by atoms with Crippen molar-refractivity contribution < 1.29 is 24.2 Å². The van der Waals surface area contributed by atoms with Gasteiger partial charge in [0.2, 0.25) is 5.78 Å². The molecule has 0 aromatic heterocycles. The molecular weight excluding hydrogens is 356 g/mol. The molecule has 4 rings (SSSR count). The van der Waals surface area contributed by atoms with Gasteiger partial charge in [-0.15, -0.1) is 0 Å². The molecule has 0 spiro atoms. The summed E-state index contributed by atoms with van der Waals surface area (Å²) in [6.45, 7) is 2.81. The molecule has 2 atom stereocenters. The molecule has 0 amide bonds. The highest BCUT2D eigenvalue weighted by Gasteiger charge is 2.58. The fraction of sp³-hybridized carbons (Fsp3) is 0.391. The maximum Gasteiger partial charge on any atom is 0.303 e. The quantitative estimate of drug-likeness (QED) is 0.823. The van der Waals surface area contributed by atoms with Crippen molar-refractivity contribution in [1.29, 1.82) is 0 Å². The van der Waals surface area contributed by atoms with E-state index in [2.05, 4.69) is 18.2 Å². The predicted molar refractivity (Wildman–Crippen MR) is 106 cm³/mol. The van der Waals surface area contributed by atoms with E-state index >= 15 is 0 Å². The van der Waals surface area contributed by atoms with Gasteiger partial charge in [-0.1, -0.05) is 31.2 Å². The molecule has 0 aliphatic heterocycles. The highest BCUT2D eigenvalue weighted by atomic mass is 16.5. The molecule has 5 heteroatoms. The van der Waals surface area contributed by atoms with Gasteiger partial charge in [-0.3, -0.25) is 9.59 Å². The van der Waals surface area contributed by atoms with Gasteiger partial charge in [0.25, 0.3) is 0 Å². The molecule has 0 radical (unpaired) electrons. The van der Waals surface area contributed by atoms with E-state index in [1.807, 2.05) is 25.1 Å². The van der Waals surface area contributed by atoms with E-state index in [1.54, 1.807) is 7.11 Å². The Morgan fingerprint density at radius 1 is 1.21 bits per heavy atom. The smallest absolute Gasteiger partial charge is 0.303 e. The number of esters is 1. The lowest BCUT2D eigenvalue weighted by molar-refractivity contribution is -0.158. The van der Waals surface area contributed by atoms with Crippen LogP contribution in [0.4, 0.5) is 0 Å². The van der Waals surface area contributed by atoms with Crippen molar-refractivity contribution in [3.63, 3.8) is 0 Å². The van der Waals surface area contributed by atoms with Crippen LogP contribution in [0.5, 0.6) is 5.75 Å². The predicted octanol–water partition coefficient (Wildman–Crippen LogP) is 3.45. The van der Waals surface area contributed by atoms with E-state index in [4.69, 9.17) is 9.47 Å². The first kappa shape index (κ1) is 18.7. The van der Waals surface area contributed by atoms with Gasteiger partial charge in [-0.25, -0.2) is 0 Å². The van der Waals surface area contributed by atoms with E-state index < -0.39 is 29.4 Å². The maximum absolute atomic E-state index is 12.8. The number of hydrogen-bond acceptors (Lipinski definition) is 5. The third-order valence-corrected chi connectivity index (χ3v) is 6.48. The number of rotatable bonds is 4. The van der Waals surface area contributed by atoms with Gasteiger partial charge in [-0.05, 0) is 52.4 Å². The van der Waals surface area contributed by atoms with Crippen LogP contribution in [0.15, 0.2) is 36.4 Å². The Morgan fingerprint density at radius 3 is 2.71 bits per heavy atom. The molecule has 146 valence electrons. The summed E-state index contributed by atoms with van der Waals surface area (Å²) >= 11 is 0. The van der Waals surface area contributed by atoms with Crippen LogP contribution in [0.2, 0.25) is 0 Å². The van der Waals surface area contributed by atoms with Gasteiger partial charge < -0.3 is 14.6 Å². The van der Waals surface area contributed by atoms with E-state index in [0.717, 1.165) is 28.7 Å². The topological polar surface area (TPSA) is 72.8 Å². The Labute approximate surface area is 164 Å². The van der Waals surface area contributed by atoms with Gasteiger partial charge >= 0.3 is 5.97 Å². The molecule has 0 unspecified atom stereocenters. The molecule has 2 aliphatic rings. The minimum absolute atomic E-state index is 0.235. The second-order valence-electron chi connectivity index (χ2n) is 7.90. The molecule has 0 bridgehead atoms. The van der Waals surface area contributed by atoms with Crippen LogP contribution in [0.1, 0.15) is 37.8 Å². The molecule has 2 aromatic carbocycles. The first-order chi connectivity index (χ1) is 13.3. The standard InChI is InChI=1S/C23H24O5/c1-14(24)28-13-21(25)23(26)11-9-20-19-6-4-15-12-16(27-3)5-7-17(15)18(19)8-10-22(20,23)2/h4-7,9,12,26H,8,10-11,13H2,1-3H3/t22-,23-/m0/s1. The van der Waals surface area contributed by atoms with Crippen LogP contribution in [-0.4, -0.2) is 36.2 Å². The van der Waals surface area contributed by atoms with E-state index in [0.29, 0.717) is 6.42 Å². The Bertz CT molecular complexity index is 1020. The molecule has 0 saturated carbocycles. The number of methoxy groups -OCH3 is 1. The second-order valence-corrected chi connectivity index (χ2v) is 7.90. The Hall–Kier alpha value is -2.66. The van der Waals surface area contributed by atoms with Crippen molar-refractivity contribution >= 4 is 28.1 Å². The molecule has 5 nitrogen and oxygen atoms in total. The normalized spacial score (nSPS) is 25.6. The summed E-state index contributed by atoms with van der Waals surface area (Å²) in [6.07, 6.45) is 3.62. The third kappa shape index (κ3) is 2.57. The average Bonchev–Trinajstić information content (AvgIpc) is 2.97. The highest BCUT2D eigenvalue weighted by Crippen LogP contribution is 2.58. The molecular formula is C23H24O5. The van der Waals surface area contributed by atoms with Crippen molar-refractivity contribution in [2.45, 2.75) is 38.7 Å². The molecule has 0 heterocycles. The highest BCUT2D eigenvalue weighted by molar-refractivity contribution is 5.99. The lowest BCUT2D eigenvalue weighted by Crippen LogP contribution is -2.53. The maximum atomic E-state index is 12.8. The number of hydrogen-bond donors (Lipinski definition) is 1. The summed E-state index contributed by atoms with van der Waals surface area (Å²) in [5.74, 6) is -0.145. The number of aryl methyl sites for hydroxylation is 1. The lowest BCUT2D eigenvalue weighted by atomic mass is 9.62. The van der Waals surface area contributed by atoms with Crippen molar-refractivity contribution in [2.75, 3.05) is 13.7 Å². The number of carbonyl (C=O) groups excluding carboxylic acids is 2. The Kier molecular flexibility index (Phi) is 4.31. The first-order valence-electron chi connectivity index (χ1n) is 9.50. The van der Waals surface area contributed by atoms with Gasteiger partial charge in [0.1, 0.15) is 11.4 Å². The fourth-order valence-electron chi connectivity index (χ4n) is 4.78. The number of benzene rings is 2. The second kappa shape index (κ2) is 6.45. The molecule has 28 heavy (non-hydrogen) atoms. The summed E-state index contributed by atoms with van der Waals surface area (Å²) in [4.78, 5) is 23.8. The SMILES string of the molecule is COc1ccc2c3c(ccc2c1)C1=CC[C@](O)(C(=O)COC(C)=O)[C@@]1(C)CC3. The van der Waals surface area contributed by atoms with Gasteiger partial charge in [0.05, 0.1) is 7.11 Å². The van der Waals surface area contributed by atoms with Gasteiger partial charge in [0.15, 0.2) is 6.61 Å². The Balaban J connectivity index is 1.74. The summed E-state index contributed by atoms with van der Waals surface area (Å²) in [5, 5.41) is 13.6. The van der Waals surface area contributed by atoms with Crippen molar-refractivity contribution in [2.24, 2.45) is 5.41 Å². The number of Topliss-reactive ketones (excluding diaryl/α,β-unsaturated/α-hetero) is 1. The molecule has 2 aliphatic carbocycles. The van der Waals surface area contributed by atoms with Crippen LogP contribution in [0, 0.1) is 5.41 Å². The largest absolute Gasteiger partial charge is 0.497 e. The number of aliphatic hydroxyl groups is 1. The number of ether oxygens (including phenoxy) is 2. The Morgan fingerprint density at radius 2 is 2.00 bits per heavy atom.